The molecule has 0 spiro atoms. The molecule has 1 heterocycles. The minimum atomic E-state index is 0.0324. The van der Waals surface area contributed by atoms with Gasteiger partial charge in [0.15, 0.2) is 5.82 Å². The molecule has 0 saturated heterocycles. The van der Waals surface area contributed by atoms with Crippen molar-refractivity contribution in [2.24, 2.45) is 0 Å². The molecule has 0 aromatic carbocycles. The first-order valence-electron chi connectivity index (χ1n) is 1.60. The zero-order valence-corrected chi connectivity index (χ0v) is 4.14. The molecular weight excluding hydrogens is 115 g/mol. The molecule has 1 aromatic heterocycles. The van der Waals surface area contributed by atoms with Gasteiger partial charge in [-0.2, -0.15) is 4.98 Å². The van der Waals surface area contributed by atoms with Crippen LogP contribution in [0, 0.1) is 6.92 Å². The van der Waals surface area contributed by atoms with Gasteiger partial charge in [0.2, 0.25) is 0 Å². The van der Waals surface area contributed by atoms with Crippen LogP contribution >= 0.6 is 11.6 Å². The quantitative estimate of drug-likeness (QED) is 0.507. The maximum absolute atomic E-state index is 5.18. The molecule has 0 bridgehead atoms. The van der Waals surface area contributed by atoms with Crippen LogP contribution in [0.3, 0.4) is 0 Å². The summed E-state index contributed by atoms with van der Waals surface area (Å²) in [6, 6.07) is 0. The Hall–Kier alpha value is -0.570. The summed E-state index contributed by atoms with van der Waals surface area (Å²) in [7, 11) is 0. The minimum absolute atomic E-state index is 0.0324. The van der Waals surface area contributed by atoms with Gasteiger partial charge in [-0.05, 0) is 11.6 Å². The first-order valence-corrected chi connectivity index (χ1v) is 1.98. The molecule has 3 nitrogen and oxygen atoms in total. The predicted molar refractivity (Wildman–Crippen MR) is 23.8 cm³/mol. The molecule has 0 saturated carbocycles. The molecule has 7 heavy (non-hydrogen) atoms. The highest BCUT2D eigenvalue weighted by Crippen LogP contribution is 2.00. The highest BCUT2D eigenvalue weighted by molar-refractivity contribution is 6.27. The highest BCUT2D eigenvalue weighted by Gasteiger charge is 1.92. The summed E-state index contributed by atoms with van der Waals surface area (Å²) < 4.78 is 4.31. The lowest BCUT2D eigenvalue weighted by Crippen LogP contribution is -1.67. The van der Waals surface area contributed by atoms with Crippen LogP contribution in [0.2, 0.25) is 5.35 Å². The van der Waals surface area contributed by atoms with Crippen molar-refractivity contribution < 1.29 is 4.52 Å². The third-order valence-corrected chi connectivity index (χ3v) is 0.597. The van der Waals surface area contributed by atoms with Gasteiger partial charge in [-0.1, -0.05) is 5.16 Å². The Morgan fingerprint density at radius 3 is 2.57 bits per heavy atom. The molecular formula is C3H2ClN2O. The first-order chi connectivity index (χ1) is 3.29. The standard InChI is InChI=1S/C3H2ClN2O/c1-2-5-3(4)7-6-2/h1H2. The van der Waals surface area contributed by atoms with E-state index in [-0.39, 0.29) is 5.35 Å². The second-order valence-electron chi connectivity index (χ2n) is 0.964. The van der Waals surface area contributed by atoms with Crippen molar-refractivity contribution in [2.45, 2.75) is 0 Å². The molecule has 4 heteroatoms. The lowest BCUT2D eigenvalue weighted by atomic mass is 10.8. The van der Waals surface area contributed by atoms with Crippen LogP contribution in [0.1, 0.15) is 5.82 Å². The first kappa shape index (κ1) is 4.59. The Kier molecular flexibility index (Phi) is 0.982. The van der Waals surface area contributed by atoms with E-state index in [9.17, 15) is 0 Å². The van der Waals surface area contributed by atoms with E-state index in [2.05, 4.69) is 21.6 Å². The summed E-state index contributed by atoms with van der Waals surface area (Å²) in [6.07, 6.45) is 0. The lowest BCUT2D eigenvalue weighted by Gasteiger charge is -1.61. The third kappa shape index (κ3) is 0.899. The summed E-state index contributed by atoms with van der Waals surface area (Å²) in [4.78, 5) is 3.49. The molecule has 0 N–H and O–H groups in total. The second-order valence-corrected chi connectivity index (χ2v) is 1.29. The van der Waals surface area contributed by atoms with Crippen molar-refractivity contribution in [2.75, 3.05) is 0 Å². The largest absolute Gasteiger partial charge is 0.321 e. The SMILES string of the molecule is [CH2]c1noc(Cl)n1. The maximum Gasteiger partial charge on any atom is 0.320 e. The third-order valence-electron chi connectivity index (χ3n) is 0.443. The van der Waals surface area contributed by atoms with Crippen LogP contribution in [0.4, 0.5) is 0 Å². The van der Waals surface area contributed by atoms with Crippen molar-refractivity contribution in [3.05, 3.63) is 18.1 Å². The van der Waals surface area contributed by atoms with E-state index < -0.39 is 0 Å². The Morgan fingerprint density at radius 1 is 1.71 bits per heavy atom. The van der Waals surface area contributed by atoms with Gasteiger partial charge in [0.25, 0.3) is 0 Å². The van der Waals surface area contributed by atoms with E-state index in [0.717, 1.165) is 0 Å². The zero-order chi connectivity index (χ0) is 5.28. The van der Waals surface area contributed by atoms with Crippen molar-refractivity contribution in [3.8, 4) is 0 Å². The van der Waals surface area contributed by atoms with Crippen molar-refractivity contribution >= 4 is 11.6 Å². The summed E-state index contributed by atoms with van der Waals surface area (Å²) in [5.41, 5.74) is 0. The fourth-order valence-electron chi connectivity index (χ4n) is 0.233. The minimum Gasteiger partial charge on any atom is -0.321 e. The monoisotopic (exact) mass is 117 g/mol. The summed E-state index contributed by atoms with van der Waals surface area (Å²) in [5, 5.41) is 3.32. The van der Waals surface area contributed by atoms with E-state index >= 15 is 0 Å². The Labute approximate surface area is 45.3 Å². The molecule has 1 radical (unpaired) electrons. The molecule has 0 fully saturated rings. The van der Waals surface area contributed by atoms with Crippen LogP contribution in [-0.2, 0) is 0 Å². The van der Waals surface area contributed by atoms with Crippen molar-refractivity contribution in [3.63, 3.8) is 0 Å². The molecule has 0 aliphatic heterocycles. The zero-order valence-electron chi connectivity index (χ0n) is 3.39. The molecule has 37 valence electrons. The van der Waals surface area contributed by atoms with Crippen molar-refractivity contribution in [1.82, 2.24) is 10.1 Å². The molecule has 0 atom stereocenters. The van der Waals surface area contributed by atoms with Crippen LogP contribution in [0.5, 0.6) is 0 Å². The van der Waals surface area contributed by atoms with Gasteiger partial charge in [0.1, 0.15) is 0 Å². The molecule has 0 unspecified atom stereocenters. The number of nitrogens with zero attached hydrogens (tertiary/aromatic N) is 2. The number of hydrogen-bond acceptors (Lipinski definition) is 3. The Bertz CT molecular complexity index is 145. The molecule has 0 aliphatic rings. The summed E-state index contributed by atoms with van der Waals surface area (Å²) >= 11 is 5.18. The van der Waals surface area contributed by atoms with Crippen molar-refractivity contribution in [1.29, 1.82) is 0 Å². The average Bonchev–Trinajstić information content (AvgIpc) is 1.87. The summed E-state index contributed by atoms with van der Waals surface area (Å²) in [5.74, 6) is 0.310. The Balaban J connectivity index is 3.04. The van der Waals surface area contributed by atoms with Gasteiger partial charge in [-0.25, -0.2) is 0 Å². The van der Waals surface area contributed by atoms with E-state index in [0.29, 0.717) is 5.82 Å². The number of rotatable bonds is 0. The number of hydrogen-bond donors (Lipinski definition) is 0. The van der Waals surface area contributed by atoms with Gasteiger partial charge >= 0.3 is 5.35 Å². The average molecular weight is 118 g/mol. The number of halogens is 1. The van der Waals surface area contributed by atoms with Gasteiger partial charge in [-0.3, -0.25) is 0 Å². The normalized spacial score (nSPS) is 9.43. The second kappa shape index (κ2) is 1.50. The van der Waals surface area contributed by atoms with Gasteiger partial charge in [-0.15, -0.1) is 0 Å². The van der Waals surface area contributed by atoms with Gasteiger partial charge in [0, 0.05) is 6.92 Å². The Morgan fingerprint density at radius 2 is 2.43 bits per heavy atom. The van der Waals surface area contributed by atoms with E-state index in [1.54, 1.807) is 0 Å². The van der Waals surface area contributed by atoms with E-state index in [1.165, 1.54) is 0 Å². The predicted octanol–water partition coefficient (Wildman–Crippen LogP) is 0.905. The molecule has 0 amide bonds. The maximum atomic E-state index is 5.18. The fraction of sp³-hybridized carbons (Fsp3) is 0. The topological polar surface area (TPSA) is 38.9 Å². The van der Waals surface area contributed by atoms with E-state index in [1.807, 2.05) is 0 Å². The van der Waals surface area contributed by atoms with Gasteiger partial charge in [0.05, 0.1) is 0 Å². The lowest BCUT2D eigenvalue weighted by molar-refractivity contribution is 0.416. The van der Waals surface area contributed by atoms with Crippen LogP contribution < -0.4 is 0 Å². The smallest absolute Gasteiger partial charge is 0.320 e. The van der Waals surface area contributed by atoms with Crippen LogP contribution in [-0.4, -0.2) is 10.1 Å². The summed E-state index contributed by atoms with van der Waals surface area (Å²) in [6.45, 7) is 3.34. The molecule has 1 rings (SSSR count). The molecule has 1 aromatic rings. The van der Waals surface area contributed by atoms with Gasteiger partial charge < -0.3 is 4.52 Å². The van der Waals surface area contributed by atoms with E-state index in [4.69, 9.17) is 11.6 Å². The van der Waals surface area contributed by atoms with Crippen LogP contribution in [0.15, 0.2) is 4.52 Å². The van der Waals surface area contributed by atoms with Crippen LogP contribution in [0.25, 0.3) is 0 Å². The molecule has 0 aliphatic carbocycles. The highest BCUT2D eigenvalue weighted by atomic mass is 35.5. The number of aromatic nitrogens is 2. The fourth-order valence-corrected chi connectivity index (χ4v) is 0.365.